The Morgan fingerprint density at radius 2 is 2.05 bits per heavy atom. The standard InChI is InChI=1S/C16H24N2O3.ClH/c1-3-20-13-6-4-12(5-7-13)11-18(2)16(19)15-9-8-14(10-17)21-15;/h4-7,14-15H,3,8-11,17H2,1-2H3;1H/t14-,15+;/m1./s1. The van der Waals surface area contributed by atoms with Gasteiger partial charge < -0.3 is 20.1 Å². The van der Waals surface area contributed by atoms with Gasteiger partial charge in [0, 0.05) is 20.1 Å². The number of hydrogen-bond acceptors (Lipinski definition) is 4. The fraction of sp³-hybridized carbons (Fsp3) is 0.562. The maximum absolute atomic E-state index is 12.3. The molecule has 124 valence electrons. The van der Waals surface area contributed by atoms with Crippen molar-refractivity contribution in [1.82, 2.24) is 4.90 Å². The lowest BCUT2D eigenvalue weighted by Crippen LogP contribution is -2.36. The van der Waals surface area contributed by atoms with Crippen LogP contribution in [0.15, 0.2) is 24.3 Å². The van der Waals surface area contributed by atoms with Crippen LogP contribution in [0.3, 0.4) is 0 Å². The number of carbonyl (C=O) groups excluding carboxylic acids is 1. The first-order chi connectivity index (χ1) is 10.1. The third kappa shape index (κ3) is 4.87. The largest absolute Gasteiger partial charge is 0.494 e. The van der Waals surface area contributed by atoms with E-state index in [9.17, 15) is 4.79 Å². The number of likely N-dealkylation sites (N-methyl/N-ethyl adjacent to an activating group) is 1. The zero-order valence-corrected chi connectivity index (χ0v) is 14.0. The molecule has 5 nitrogen and oxygen atoms in total. The minimum absolute atomic E-state index is 0. The van der Waals surface area contributed by atoms with Gasteiger partial charge in [-0.05, 0) is 37.5 Å². The van der Waals surface area contributed by atoms with Gasteiger partial charge >= 0.3 is 0 Å². The van der Waals surface area contributed by atoms with Crippen molar-refractivity contribution in [3.8, 4) is 5.75 Å². The Kier molecular flexibility index (Phi) is 7.65. The van der Waals surface area contributed by atoms with E-state index in [1.807, 2.05) is 31.2 Å². The van der Waals surface area contributed by atoms with Crippen molar-refractivity contribution in [2.45, 2.75) is 38.5 Å². The quantitative estimate of drug-likeness (QED) is 0.867. The van der Waals surface area contributed by atoms with Crippen molar-refractivity contribution in [3.05, 3.63) is 29.8 Å². The van der Waals surface area contributed by atoms with Gasteiger partial charge in [-0.15, -0.1) is 12.4 Å². The SMILES string of the molecule is CCOc1ccc(CN(C)C(=O)[C@@H]2CC[C@H](CN)O2)cc1.Cl. The number of amides is 1. The molecule has 1 heterocycles. The molecule has 0 radical (unpaired) electrons. The Morgan fingerprint density at radius 3 is 2.59 bits per heavy atom. The third-order valence-electron chi connectivity index (χ3n) is 3.68. The van der Waals surface area contributed by atoms with Gasteiger partial charge in [-0.1, -0.05) is 12.1 Å². The molecule has 1 aromatic rings. The number of ether oxygens (including phenoxy) is 2. The predicted molar refractivity (Wildman–Crippen MR) is 88.3 cm³/mol. The van der Waals surface area contributed by atoms with Crippen LogP contribution in [0.25, 0.3) is 0 Å². The van der Waals surface area contributed by atoms with E-state index in [-0.39, 0.29) is 30.5 Å². The molecule has 2 N–H and O–H groups in total. The average Bonchev–Trinajstić information content (AvgIpc) is 2.97. The maximum atomic E-state index is 12.3. The Balaban J connectivity index is 0.00000242. The van der Waals surface area contributed by atoms with Crippen LogP contribution in [0, 0.1) is 0 Å². The summed E-state index contributed by atoms with van der Waals surface area (Å²) in [4.78, 5) is 14.0. The van der Waals surface area contributed by atoms with E-state index in [0.717, 1.165) is 24.2 Å². The van der Waals surface area contributed by atoms with Gasteiger partial charge in [0.1, 0.15) is 11.9 Å². The Bertz CT molecular complexity index is 467. The molecule has 6 heteroatoms. The highest BCUT2D eigenvalue weighted by Gasteiger charge is 2.31. The Hall–Kier alpha value is -1.30. The highest BCUT2D eigenvalue weighted by molar-refractivity contribution is 5.85. The lowest BCUT2D eigenvalue weighted by molar-refractivity contribution is -0.141. The van der Waals surface area contributed by atoms with Crippen LogP contribution in [0.2, 0.25) is 0 Å². The van der Waals surface area contributed by atoms with Crippen molar-refractivity contribution in [2.24, 2.45) is 5.73 Å². The normalized spacial score (nSPS) is 20.3. The molecule has 22 heavy (non-hydrogen) atoms. The summed E-state index contributed by atoms with van der Waals surface area (Å²) < 4.78 is 11.1. The van der Waals surface area contributed by atoms with Gasteiger partial charge in [-0.2, -0.15) is 0 Å². The highest BCUT2D eigenvalue weighted by Crippen LogP contribution is 2.21. The lowest BCUT2D eigenvalue weighted by atomic mass is 10.1. The molecule has 1 aliphatic rings. The second kappa shape index (κ2) is 8.98. The number of halogens is 1. The van der Waals surface area contributed by atoms with Gasteiger partial charge in [-0.25, -0.2) is 0 Å². The third-order valence-corrected chi connectivity index (χ3v) is 3.68. The first-order valence-corrected chi connectivity index (χ1v) is 7.46. The van der Waals surface area contributed by atoms with E-state index in [1.165, 1.54) is 0 Å². The van der Waals surface area contributed by atoms with Gasteiger partial charge in [0.2, 0.25) is 0 Å². The molecule has 2 atom stereocenters. The molecule has 1 fully saturated rings. The Morgan fingerprint density at radius 1 is 1.36 bits per heavy atom. The molecule has 0 saturated carbocycles. The summed E-state index contributed by atoms with van der Waals surface area (Å²) in [6.07, 6.45) is 1.31. The molecule has 1 saturated heterocycles. The first-order valence-electron chi connectivity index (χ1n) is 7.46. The van der Waals surface area contributed by atoms with Gasteiger partial charge in [0.15, 0.2) is 0 Å². The van der Waals surface area contributed by atoms with Crippen LogP contribution in [0.1, 0.15) is 25.3 Å². The zero-order chi connectivity index (χ0) is 15.2. The van der Waals surface area contributed by atoms with E-state index in [4.69, 9.17) is 15.2 Å². The van der Waals surface area contributed by atoms with Crippen LogP contribution in [-0.2, 0) is 16.1 Å². The zero-order valence-electron chi connectivity index (χ0n) is 13.2. The molecule has 0 spiro atoms. The van der Waals surface area contributed by atoms with E-state index < -0.39 is 0 Å². The monoisotopic (exact) mass is 328 g/mol. The summed E-state index contributed by atoms with van der Waals surface area (Å²) in [5, 5.41) is 0. The van der Waals surface area contributed by atoms with Crippen LogP contribution < -0.4 is 10.5 Å². The summed E-state index contributed by atoms with van der Waals surface area (Å²) in [5.74, 6) is 0.875. The van der Waals surface area contributed by atoms with Crippen molar-refractivity contribution in [2.75, 3.05) is 20.2 Å². The molecule has 0 aromatic heterocycles. The minimum Gasteiger partial charge on any atom is -0.494 e. The summed E-state index contributed by atoms with van der Waals surface area (Å²) in [6.45, 7) is 3.65. The molecular weight excluding hydrogens is 304 g/mol. The van der Waals surface area contributed by atoms with Crippen molar-refractivity contribution in [1.29, 1.82) is 0 Å². The molecule has 0 unspecified atom stereocenters. The van der Waals surface area contributed by atoms with Crippen LogP contribution in [0.4, 0.5) is 0 Å². The number of carbonyl (C=O) groups is 1. The van der Waals surface area contributed by atoms with E-state index >= 15 is 0 Å². The Labute approximate surface area is 138 Å². The smallest absolute Gasteiger partial charge is 0.251 e. The topological polar surface area (TPSA) is 64.8 Å². The minimum atomic E-state index is -0.341. The number of hydrogen-bond donors (Lipinski definition) is 1. The van der Waals surface area contributed by atoms with Crippen LogP contribution in [-0.4, -0.2) is 43.2 Å². The fourth-order valence-corrected chi connectivity index (χ4v) is 2.52. The second-order valence-corrected chi connectivity index (χ2v) is 5.33. The van der Waals surface area contributed by atoms with Gasteiger partial charge in [-0.3, -0.25) is 4.79 Å². The molecule has 0 aliphatic carbocycles. The highest BCUT2D eigenvalue weighted by atomic mass is 35.5. The number of rotatable bonds is 6. The number of nitrogens with zero attached hydrogens (tertiary/aromatic N) is 1. The van der Waals surface area contributed by atoms with E-state index in [2.05, 4.69) is 0 Å². The van der Waals surface area contributed by atoms with Crippen molar-refractivity contribution < 1.29 is 14.3 Å². The van der Waals surface area contributed by atoms with Crippen LogP contribution >= 0.6 is 12.4 Å². The summed E-state index contributed by atoms with van der Waals surface area (Å²) in [7, 11) is 1.80. The summed E-state index contributed by atoms with van der Waals surface area (Å²) >= 11 is 0. The second-order valence-electron chi connectivity index (χ2n) is 5.33. The van der Waals surface area contributed by atoms with Crippen molar-refractivity contribution >= 4 is 18.3 Å². The van der Waals surface area contributed by atoms with Crippen LogP contribution in [0.5, 0.6) is 5.75 Å². The van der Waals surface area contributed by atoms with Gasteiger partial charge in [0.25, 0.3) is 5.91 Å². The first kappa shape index (κ1) is 18.7. The number of benzene rings is 1. The molecule has 2 rings (SSSR count). The molecular formula is C16H25ClN2O3. The fourth-order valence-electron chi connectivity index (χ4n) is 2.52. The lowest BCUT2D eigenvalue weighted by Gasteiger charge is -2.21. The molecule has 0 bridgehead atoms. The summed E-state index contributed by atoms with van der Waals surface area (Å²) in [5.41, 5.74) is 6.64. The van der Waals surface area contributed by atoms with E-state index in [1.54, 1.807) is 11.9 Å². The molecule has 1 aliphatic heterocycles. The predicted octanol–water partition coefficient (Wildman–Crippen LogP) is 1.97. The molecule has 1 aromatic carbocycles. The number of nitrogens with two attached hydrogens (primary N) is 1. The summed E-state index contributed by atoms with van der Waals surface area (Å²) in [6, 6.07) is 7.81. The van der Waals surface area contributed by atoms with E-state index in [0.29, 0.717) is 19.7 Å². The van der Waals surface area contributed by atoms with Gasteiger partial charge in [0.05, 0.1) is 12.7 Å². The average molecular weight is 329 g/mol. The maximum Gasteiger partial charge on any atom is 0.251 e. The molecule has 1 amide bonds. The van der Waals surface area contributed by atoms with Crippen molar-refractivity contribution in [3.63, 3.8) is 0 Å².